The van der Waals surface area contributed by atoms with E-state index in [0.717, 1.165) is 36.3 Å². The molecule has 0 radical (unpaired) electrons. The third-order valence-electron chi connectivity index (χ3n) is 3.21. The molecule has 0 saturated carbocycles. The van der Waals surface area contributed by atoms with Crippen molar-refractivity contribution in [1.82, 2.24) is 0 Å². The van der Waals surface area contributed by atoms with E-state index >= 15 is 0 Å². The summed E-state index contributed by atoms with van der Waals surface area (Å²) >= 11 is 0. The summed E-state index contributed by atoms with van der Waals surface area (Å²) in [5.74, 6) is 0. The zero-order valence-corrected chi connectivity index (χ0v) is 10.3. The van der Waals surface area contributed by atoms with Crippen molar-refractivity contribution in [2.75, 3.05) is 30.4 Å². The van der Waals surface area contributed by atoms with Gasteiger partial charge in [-0.2, -0.15) is 13.2 Å². The first-order valence-electron chi connectivity index (χ1n) is 6.11. The van der Waals surface area contributed by atoms with E-state index < -0.39 is 12.6 Å². The first-order chi connectivity index (χ1) is 8.47. The molecular weight excluding hydrogens is 241 g/mol. The molecular formula is C13H17F3N2. The SMILES string of the molecule is CN(CCC(F)(F)F)c1cccc2c1CCCN2. The maximum Gasteiger partial charge on any atom is 0.390 e. The van der Waals surface area contributed by atoms with Gasteiger partial charge in [-0.25, -0.2) is 0 Å². The van der Waals surface area contributed by atoms with Crippen LogP contribution in [0.3, 0.4) is 0 Å². The van der Waals surface area contributed by atoms with E-state index in [9.17, 15) is 13.2 Å². The van der Waals surface area contributed by atoms with Gasteiger partial charge in [-0.05, 0) is 30.5 Å². The van der Waals surface area contributed by atoms with E-state index in [4.69, 9.17) is 0 Å². The number of benzene rings is 1. The van der Waals surface area contributed by atoms with Crippen molar-refractivity contribution >= 4 is 11.4 Å². The molecule has 0 bridgehead atoms. The number of nitrogens with zero attached hydrogens (tertiary/aromatic N) is 1. The fourth-order valence-corrected chi connectivity index (χ4v) is 2.26. The highest BCUT2D eigenvalue weighted by Gasteiger charge is 2.27. The van der Waals surface area contributed by atoms with E-state index in [1.165, 1.54) is 0 Å². The summed E-state index contributed by atoms with van der Waals surface area (Å²) in [6.45, 7) is 0.933. The van der Waals surface area contributed by atoms with Gasteiger partial charge in [0, 0.05) is 31.5 Å². The van der Waals surface area contributed by atoms with Gasteiger partial charge in [0.05, 0.1) is 6.42 Å². The average Bonchev–Trinajstić information content (AvgIpc) is 2.34. The number of fused-ring (bicyclic) bond motifs is 1. The molecule has 1 aliphatic heterocycles. The largest absolute Gasteiger partial charge is 0.390 e. The van der Waals surface area contributed by atoms with Crippen LogP contribution in [0, 0.1) is 0 Å². The van der Waals surface area contributed by atoms with Crippen LogP contribution in [0.4, 0.5) is 24.5 Å². The molecule has 5 heteroatoms. The van der Waals surface area contributed by atoms with Crippen LogP contribution in [0.2, 0.25) is 0 Å². The molecule has 100 valence electrons. The summed E-state index contributed by atoms with van der Waals surface area (Å²) in [5.41, 5.74) is 3.09. The first kappa shape index (κ1) is 13.1. The van der Waals surface area contributed by atoms with E-state index in [1.807, 2.05) is 18.2 Å². The zero-order valence-electron chi connectivity index (χ0n) is 10.3. The van der Waals surface area contributed by atoms with Gasteiger partial charge in [0.1, 0.15) is 0 Å². The van der Waals surface area contributed by atoms with Crippen LogP contribution in [0.15, 0.2) is 18.2 Å². The lowest BCUT2D eigenvalue weighted by molar-refractivity contribution is -0.132. The smallest absolute Gasteiger partial charge is 0.385 e. The fraction of sp³-hybridized carbons (Fsp3) is 0.538. The fourth-order valence-electron chi connectivity index (χ4n) is 2.26. The van der Waals surface area contributed by atoms with Crippen LogP contribution < -0.4 is 10.2 Å². The Kier molecular flexibility index (Phi) is 3.68. The van der Waals surface area contributed by atoms with Crippen molar-refractivity contribution in [1.29, 1.82) is 0 Å². The van der Waals surface area contributed by atoms with Gasteiger partial charge in [-0.1, -0.05) is 6.07 Å². The van der Waals surface area contributed by atoms with Crippen molar-refractivity contribution in [3.8, 4) is 0 Å². The van der Waals surface area contributed by atoms with Gasteiger partial charge >= 0.3 is 6.18 Å². The highest BCUT2D eigenvalue weighted by molar-refractivity contribution is 5.67. The Labute approximate surface area is 105 Å². The predicted molar refractivity (Wildman–Crippen MR) is 67.2 cm³/mol. The topological polar surface area (TPSA) is 15.3 Å². The average molecular weight is 258 g/mol. The molecule has 1 N–H and O–H groups in total. The summed E-state index contributed by atoms with van der Waals surface area (Å²) in [5, 5.41) is 3.28. The minimum atomic E-state index is -4.10. The van der Waals surface area contributed by atoms with Crippen LogP contribution in [0.5, 0.6) is 0 Å². The second kappa shape index (κ2) is 5.08. The van der Waals surface area contributed by atoms with Crippen molar-refractivity contribution in [3.05, 3.63) is 23.8 Å². The lowest BCUT2D eigenvalue weighted by atomic mass is 10.0. The standard InChI is InChI=1S/C13H17F3N2/c1-18(9-7-13(14,15)16)12-6-2-5-11-10(12)4-3-8-17-11/h2,5-6,17H,3-4,7-9H2,1H3. The first-order valence-corrected chi connectivity index (χ1v) is 6.11. The number of nitrogens with one attached hydrogen (secondary N) is 1. The Morgan fingerprint density at radius 2 is 2.11 bits per heavy atom. The quantitative estimate of drug-likeness (QED) is 0.893. The Balaban J connectivity index is 2.12. The van der Waals surface area contributed by atoms with Gasteiger partial charge in [0.25, 0.3) is 0 Å². The Morgan fingerprint density at radius 1 is 1.33 bits per heavy atom. The van der Waals surface area contributed by atoms with E-state index in [0.29, 0.717) is 0 Å². The Hall–Kier alpha value is -1.39. The minimum absolute atomic E-state index is 0.0000463. The molecule has 1 heterocycles. The van der Waals surface area contributed by atoms with Gasteiger partial charge in [-0.15, -0.1) is 0 Å². The second-order valence-electron chi connectivity index (χ2n) is 4.62. The lowest BCUT2D eigenvalue weighted by Crippen LogP contribution is -2.26. The predicted octanol–water partition coefficient (Wildman–Crippen LogP) is 3.43. The molecule has 0 atom stereocenters. The number of rotatable bonds is 3. The van der Waals surface area contributed by atoms with Crippen molar-refractivity contribution < 1.29 is 13.2 Å². The molecule has 18 heavy (non-hydrogen) atoms. The molecule has 1 aromatic carbocycles. The molecule has 0 spiro atoms. The summed E-state index contributed by atoms with van der Waals surface area (Å²) in [6, 6.07) is 5.76. The molecule has 0 aromatic heterocycles. The highest BCUT2D eigenvalue weighted by Crippen LogP contribution is 2.31. The van der Waals surface area contributed by atoms with Crippen molar-refractivity contribution in [2.24, 2.45) is 0 Å². The maximum absolute atomic E-state index is 12.2. The van der Waals surface area contributed by atoms with Gasteiger partial charge in [0.15, 0.2) is 0 Å². The molecule has 0 unspecified atom stereocenters. The van der Waals surface area contributed by atoms with Crippen LogP contribution in [0.1, 0.15) is 18.4 Å². The molecule has 1 aliphatic rings. The maximum atomic E-state index is 12.2. The minimum Gasteiger partial charge on any atom is -0.385 e. The van der Waals surface area contributed by atoms with E-state index in [2.05, 4.69) is 5.32 Å². The zero-order chi connectivity index (χ0) is 13.2. The summed E-state index contributed by atoms with van der Waals surface area (Å²) in [4.78, 5) is 1.69. The Bertz CT molecular complexity index is 415. The van der Waals surface area contributed by atoms with E-state index in [1.54, 1.807) is 11.9 Å². The summed E-state index contributed by atoms with van der Waals surface area (Å²) < 4.78 is 36.7. The number of halogens is 3. The molecule has 0 aliphatic carbocycles. The van der Waals surface area contributed by atoms with E-state index in [-0.39, 0.29) is 6.54 Å². The third-order valence-corrected chi connectivity index (χ3v) is 3.21. The number of anilines is 2. The molecule has 1 aromatic rings. The summed E-state index contributed by atoms with van der Waals surface area (Å²) in [7, 11) is 1.72. The second-order valence-corrected chi connectivity index (χ2v) is 4.62. The molecule has 0 amide bonds. The van der Waals surface area contributed by atoms with Crippen molar-refractivity contribution in [3.63, 3.8) is 0 Å². The molecule has 0 saturated heterocycles. The number of hydrogen-bond donors (Lipinski definition) is 1. The van der Waals surface area contributed by atoms with Crippen LogP contribution in [-0.2, 0) is 6.42 Å². The molecule has 2 rings (SSSR count). The Morgan fingerprint density at radius 3 is 2.83 bits per heavy atom. The van der Waals surface area contributed by atoms with Crippen LogP contribution in [0.25, 0.3) is 0 Å². The summed E-state index contributed by atoms with van der Waals surface area (Å²) in [6.07, 6.45) is -2.92. The van der Waals surface area contributed by atoms with Gasteiger partial charge in [0.2, 0.25) is 0 Å². The highest BCUT2D eigenvalue weighted by atomic mass is 19.4. The lowest BCUT2D eigenvalue weighted by Gasteiger charge is -2.27. The van der Waals surface area contributed by atoms with Crippen molar-refractivity contribution in [2.45, 2.75) is 25.4 Å². The molecule has 2 nitrogen and oxygen atoms in total. The number of hydrogen-bond acceptors (Lipinski definition) is 2. The third kappa shape index (κ3) is 3.09. The van der Waals surface area contributed by atoms with Gasteiger partial charge in [-0.3, -0.25) is 0 Å². The van der Waals surface area contributed by atoms with Gasteiger partial charge < -0.3 is 10.2 Å². The number of alkyl halides is 3. The normalized spacial score (nSPS) is 14.9. The monoisotopic (exact) mass is 258 g/mol. The van der Waals surface area contributed by atoms with Crippen LogP contribution >= 0.6 is 0 Å². The molecule has 0 fully saturated rings. The van der Waals surface area contributed by atoms with Crippen LogP contribution in [-0.4, -0.2) is 26.3 Å².